The molecule has 2 heterocycles. The van der Waals surface area contributed by atoms with Gasteiger partial charge in [0.05, 0.1) is 10.6 Å². The highest BCUT2D eigenvalue weighted by atomic mass is 35.5. The van der Waals surface area contributed by atoms with Crippen LogP contribution in [0.25, 0.3) is 6.08 Å². The van der Waals surface area contributed by atoms with Gasteiger partial charge in [-0.15, -0.1) is 0 Å². The van der Waals surface area contributed by atoms with E-state index in [2.05, 4.69) is 40.5 Å². The third-order valence-corrected chi connectivity index (χ3v) is 8.68. The van der Waals surface area contributed by atoms with Gasteiger partial charge in [0, 0.05) is 16.5 Å². The molecule has 39 heavy (non-hydrogen) atoms. The monoisotopic (exact) mass is 559 g/mol. The minimum atomic E-state index is -0.165. The lowest BCUT2D eigenvalue weighted by molar-refractivity contribution is -0.122. The lowest BCUT2D eigenvalue weighted by atomic mass is 9.90. The van der Waals surface area contributed by atoms with Gasteiger partial charge in [0.1, 0.15) is 6.54 Å². The zero-order valence-corrected chi connectivity index (χ0v) is 23.6. The summed E-state index contributed by atoms with van der Waals surface area (Å²) < 4.78 is 0. The van der Waals surface area contributed by atoms with E-state index in [4.69, 9.17) is 11.6 Å². The Morgan fingerprint density at radius 3 is 2.46 bits per heavy atom. The fraction of sp³-hybridized carbons (Fsp3) is 0.312. The smallest absolute Gasteiger partial charge is 0.265 e. The largest absolute Gasteiger partial charge is 0.355 e. The molecule has 2 aliphatic rings. The number of fused-ring (bicyclic) bond motifs is 1. The Morgan fingerprint density at radius 1 is 0.974 bits per heavy atom. The zero-order valence-electron chi connectivity index (χ0n) is 22.0. The molecule has 0 spiro atoms. The second kappa shape index (κ2) is 13.3. The Hall–Kier alpha value is -3.06. The van der Waals surface area contributed by atoms with E-state index in [-0.39, 0.29) is 18.4 Å². The molecule has 202 valence electrons. The van der Waals surface area contributed by atoms with Crippen molar-refractivity contribution >= 4 is 46.9 Å². The lowest BCUT2D eigenvalue weighted by Crippen LogP contribution is -2.43. The van der Waals surface area contributed by atoms with Crippen LogP contribution in [0.3, 0.4) is 0 Å². The number of amides is 2. The van der Waals surface area contributed by atoms with E-state index in [1.807, 2.05) is 42.5 Å². The number of benzene rings is 3. The molecule has 0 saturated carbocycles. The van der Waals surface area contributed by atoms with Gasteiger partial charge in [-0.25, -0.2) is 0 Å². The van der Waals surface area contributed by atoms with Crippen molar-refractivity contribution in [1.29, 1.82) is 0 Å². The number of para-hydroxylation sites is 1. The quantitative estimate of drug-likeness (QED) is 0.248. The van der Waals surface area contributed by atoms with Crippen LogP contribution in [-0.2, 0) is 16.0 Å². The van der Waals surface area contributed by atoms with Crippen molar-refractivity contribution in [3.05, 3.63) is 99.9 Å². The number of thioether (sulfide) groups is 1. The lowest BCUT2D eigenvalue weighted by Gasteiger charge is -2.32. The topological polar surface area (TPSA) is 52.7 Å². The minimum absolute atomic E-state index is 0.000749. The first kappa shape index (κ1) is 27.5. The Balaban J connectivity index is 1.10. The number of piperidine rings is 1. The number of carbonyl (C=O) groups is 2. The molecule has 3 aromatic carbocycles. The van der Waals surface area contributed by atoms with Crippen LogP contribution in [0.15, 0.2) is 88.7 Å². The molecule has 0 bridgehead atoms. The number of hydrogen-bond donors (Lipinski definition) is 1. The molecule has 0 aliphatic carbocycles. The molecule has 2 aliphatic heterocycles. The molecule has 0 atom stereocenters. The molecule has 3 aromatic rings. The third kappa shape index (κ3) is 7.53. The SMILES string of the molecule is O=C(CN1C(=O)C(=Cc2ccc(Cl)cc2)Sc2ccccc21)NCCCN1CCC(Cc2ccccc2)CC1. The molecule has 0 aromatic heterocycles. The van der Waals surface area contributed by atoms with E-state index < -0.39 is 0 Å². The number of likely N-dealkylation sites (tertiary alicyclic amines) is 1. The molecular formula is C32H34ClN3O2S. The highest BCUT2D eigenvalue weighted by Gasteiger charge is 2.30. The summed E-state index contributed by atoms with van der Waals surface area (Å²) in [4.78, 5) is 31.9. The van der Waals surface area contributed by atoms with Crippen molar-refractivity contribution < 1.29 is 9.59 Å². The Morgan fingerprint density at radius 2 is 1.69 bits per heavy atom. The molecule has 1 fully saturated rings. The highest BCUT2D eigenvalue weighted by molar-refractivity contribution is 8.04. The van der Waals surface area contributed by atoms with E-state index in [1.165, 1.54) is 30.2 Å². The van der Waals surface area contributed by atoms with Crippen molar-refractivity contribution in [3.8, 4) is 0 Å². The Kier molecular flexibility index (Phi) is 9.40. The normalized spacial score (nSPS) is 17.3. The van der Waals surface area contributed by atoms with E-state index in [1.54, 1.807) is 17.0 Å². The summed E-state index contributed by atoms with van der Waals surface area (Å²) in [5, 5.41) is 3.68. The van der Waals surface area contributed by atoms with Crippen LogP contribution in [0.1, 0.15) is 30.4 Å². The standard InChI is InChI=1S/C32H34ClN3O2S/c33-27-13-11-25(12-14-27)22-30-32(38)36(28-9-4-5-10-29(28)39-30)23-31(37)34-17-6-18-35-19-15-26(16-20-35)21-24-7-2-1-3-8-24/h1-5,7-14,22,26H,6,15-21,23H2,(H,34,37). The van der Waals surface area contributed by atoms with Crippen molar-refractivity contribution in [1.82, 2.24) is 10.2 Å². The fourth-order valence-corrected chi connectivity index (χ4v) is 6.41. The predicted octanol–water partition coefficient (Wildman–Crippen LogP) is 6.28. The van der Waals surface area contributed by atoms with E-state index in [0.717, 1.165) is 54.5 Å². The first-order chi connectivity index (χ1) is 19.0. The molecule has 1 saturated heterocycles. The second-order valence-electron chi connectivity index (χ2n) is 10.2. The van der Waals surface area contributed by atoms with Crippen LogP contribution < -0.4 is 10.2 Å². The van der Waals surface area contributed by atoms with Gasteiger partial charge in [0.2, 0.25) is 5.91 Å². The number of nitrogens with one attached hydrogen (secondary N) is 1. The van der Waals surface area contributed by atoms with Crippen molar-refractivity contribution in [2.24, 2.45) is 5.92 Å². The Labute approximate surface area is 240 Å². The van der Waals surface area contributed by atoms with Gasteiger partial charge in [0.15, 0.2) is 0 Å². The first-order valence-corrected chi connectivity index (χ1v) is 14.8. The maximum absolute atomic E-state index is 13.4. The van der Waals surface area contributed by atoms with Gasteiger partial charge in [-0.1, -0.05) is 78.0 Å². The first-order valence-electron chi connectivity index (χ1n) is 13.6. The van der Waals surface area contributed by atoms with E-state index in [0.29, 0.717) is 16.5 Å². The van der Waals surface area contributed by atoms with Crippen LogP contribution in [0.5, 0.6) is 0 Å². The average molecular weight is 560 g/mol. The summed E-state index contributed by atoms with van der Waals surface area (Å²) in [6, 6.07) is 25.9. The van der Waals surface area contributed by atoms with Crippen LogP contribution >= 0.6 is 23.4 Å². The molecule has 2 amide bonds. The summed E-state index contributed by atoms with van der Waals surface area (Å²) >= 11 is 7.44. The number of hydrogen-bond acceptors (Lipinski definition) is 4. The fourth-order valence-electron chi connectivity index (χ4n) is 5.22. The molecule has 5 rings (SSSR count). The zero-order chi connectivity index (χ0) is 27.0. The van der Waals surface area contributed by atoms with Crippen molar-refractivity contribution in [2.45, 2.75) is 30.6 Å². The van der Waals surface area contributed by atoms with Gasteiger partial charge in [0.25, 0.3) is 5.91 Å². The number of nitrogens with zero attached hydrogens (tertiary/aromatic N) is 2. The molecule has 5 nitrogen and oxygen atoms in total. The molecule has 1 N–H and O–H groups in total. The molecule has 0 unspecified atom stereocenters. The molecular weight excluding hydrogens is 526 g/mol. The highest BCUT2D eigenvalue weighted by Crippen LogP contribution is 2.41. The van der Waals surface area contributed by atoms with Gasteiger partial charge < -0.3 is 10.2 Å². The van der Waals surface area contributed by atoms with E-state index in [9.17, 15) is 9.59 Å². The van der Waals surface area contributed by atoms with Crippen LogP contribution in [0.4, 0.5) is 5.69 Å². The predicted molar refractivity (Wildman–Crippen MR) is 161 cm³/mol. The van der Waals surface area contributed by atoms with E-state index >= 15 is 0 Å². The number of anilines is 1. The van der Waals surface area contributed by atoms with Gasteiger partial charge >= 0.3 is 0 Å². The van der Waals surface area contributed by atoms with Crippen molar-refractivity contribution in [3.63, 3.8) is 0 Å². The van der Waals surface area contributed by atoms with Gasteiger partial charge in [-0.3, -0.25) is 14.5 Å². The minimum Gasteiger partial charge on any atom is -0.355 e. The summed E-state index contributed by atoms with van der Waals surface area (Å²) in [5.41, 5.74) is 3.09. The molecule has 0 radical (unpaired) electrons. The van der Waals surface area contributed by atoms with Crippen molar-refractivity contribution in [2.75, 3.05) is 37.6 Å². The maximum atomic E-state index is 13.4. The summed E-state index contributed by atoms with van der Waals surface area (Å²) in [6.45, 7) is 3.82. The van der Waals surface area contributed by atoms with Gasteiger partial charge in [-0.2, -0.15) is 0 Å². The summed E-state index contributed by atoms with van der Waals surface area (Å²) in [5.74, 6) is 0.449. The number of rotatable bonds is 9. The Bertz CT molecular complexity index is 1300. The second-order valence-corrected chi connectivity index (χ2v) is 11.7. The van der Waals surface area contributed by atoms with Crippen LogP contribution in [0.2, 0.25) is 5.02 Å². The summed E-state index contributed by atoms with van der Waals surface area (Å²) in [6.07, 6.45) is 6.37. The number of halogens is 1. The average Bonchev–Trinajstić information content (AvgIpc) is 2.96. The van der Waals surface area contributed by atoms with Gasteiger partial charge in [-0.05, 0) is 92.7 Å². The molecule has 7 heteroatoms. The van der Waals surface area contributed by atoms with Crippen LogP contribution in [-0.4, -0.2) is 49.4 Å². The third-order valence-electron chi connectivity index (χ3n) is 7.35. The number of carbonyl (C=O) groups excluding carboxylic acids is 2. The van der Waals surface area contributed by atoms with Crippen LogP contribution in [0, 0.1) is 5.92 Å². The maximum Gasteiger partial charge on any atom is 0.265 e. The summed E-state index contributed by atoms with van der Waals surface area (Å²) in [7, 11) is 0.